The number of nitrogens with two attached hydrogens (primary N) is 1. The molecule has 0 spiro atoms. The van der Waals surface area contributed by atoms with Gasteiger partial charge in [0.1, 0.15) is 4.90 Å². The van der Waals surface area contributed by atoms with Crippen LogP contribution < -0.4 is 5.14 Å². The highest BCUT2D eigenvalue weighted by atomic mass is 35.5. The van der Waals surface area contributed by atoms with Crippen LogP contribution in [0.5, 0.6) is 0 Å². The van der Waals surface area contributed by atoms with Crippen molar-refractivity contribution >= 4 is 21.6 Å². The quantitative estimate of drug-likeness (QED) is 0.914. The summed E-state index contributed by atoms with van der Waals surface area (Å²) >= 11 is 6.03. The van der Waals surface area contributed by atoms with Crippen LogP contribution in [0.2, 0.25) is 5.02 Å². The number of aromatic nitrogens is 2. The van der Waals surface area contributed by atoms with E-state index in [4.69, 9.17) is 16.7 Å². The van der Waals surface area contributed by atoms with Crippen molar-refractivity contribution < 1.29 is 8.42 Å². The molecule has 5 nitrogen and oxygen atoms in total. The zero-order chi connectivity index (χ0) is 13.5. The molecule has 2 aromatic rings. The molecule has 1 aromatic carbocycles. The lowest BCUT2D eigenvalue weighted by Crippen LogP contribution is -2.13. The zero-order valence-electron chi connectivity index (χ0n) is 9.88. The largest absolute Gasteiger partial charge is 0.241 e. The van der Waals surface area contributed by atoms with E-state index in [9.17, 15) is 8.42 Å². The third-order valence-corrected chi connectivity index (χ3v) is 4.09. The first kappa shape index (κ1) is 13.1. The van der Waals surface area contributed by atoms with Gasteiger partial charge in [0.15, 0.2) is 0 Å². The van der Waals surface area contributed by atoms with Crippen molar-refractivity contribution in [2.45, 2.75) is 18.7 Å². The molecule has 96 valence electrons. The van der Waals surface area contributed by atoms with Gasteiger partial charge in [-0.2, -0.15) is 5.10 Å². The molecule has 0 aliphatic rings. The van der Waals surface area contributed by atoms with Gasteiger partial charge in [-0.1, -0.05) is 17.7 Å². The van der Waals surface area contributed by atoms with Gasteiger partial charge in [0.05, 0.1) is 17.6 Å². The molecule has 0 atom stereocenters. The molecular formula is C11H12ClN3O2S. The van der Waals surface area contributed by atoms with Crippen LogP contribution in [0.15, 0.2) is 29.3 Å². The summed E-state index contributed by atoms with van der Waals surface area (Å²) in [6.45, 7) is 3.53. The number of aryl methyl sites for hydroxylation is 1. The Bertz CT molecular complexity index is 707. The summed E-state index contributed by atoms with van der Waals surface area (Å²) in [5.41, 5.74) is 2.09. The van der Waals surface area contributed by atoms with E-state index in [0.717, 1.165) is 5.56 Å². The van der Waals surface area contributed by atoms with E-state index in [0.29, 0.717) is 16.4 Å². The number of sulfonamides is 1. The topological polar surface area (TPSA) is 78.0 Å². The van der Waals surface area contributed by atoms with E-state index in [-0.39, 0.29) is 4.90 Å². The number of hydrogen-bond acceptors (Lipinski definition) is 3. The Morgan fingerprint density at radius 2 is 2.00 bits per heavy atom. The fourth-order valence-electron chi connectivity index (χ4n) is 1.65. The average Bonchev–Trinajstić information content (AvgIpc) is 2.64. The predicted molar refractivity (Wildman–Crippen MR) is 69.4 cm³/mol. The second-order valence-corrected chi connectivity index (χ2v) is 5.92. The Labute approximate surface area is 110 Å². The van der Waals surface area contributed by atoms with Gasteiger partial charge in [0.2, 0.25) is 10.0 Å². The zero-order valence-corrected chi connectivity index (χ0v) is 11.5. The highest BCUT2D eigenvalue weighted by molar-refractivity contribution is 7.89. The first-order valence-electron chi connectivity index (χ1n) is 5.14. The molecule has 2 rings (SSSR count). The molecule has 0 aliphatic carbocycles. The van der Waals surface area contributed by atoms with E-state index >= 15 is 0 Å². The van der Waals surface area contributed by atoms with Gasteiger partial charge >= 0.3 is 0 Å². The number of rotatable bonds is 2. The highest BCUT2D eigenvalue weighted by Gasteiger charge is 2.17. The maximum atomic E-state index is 11.3. The van der Waals surface area contributed by atoms with Crippen LogP contribution in [0, 0.1) is 13.8 Å². The van der Waals surface area contributed by atoms with Crippen molar-refractivity contribution in [2.75, 3.05) is 0 Å². The maximum absolute atomic E-state index is 11.3. The minimum Gasteiger partial charge on any atom is -0.237 e. The third-order valence-electron chi connectivity index (χ3n) is 2.67. The van der Waals surface area contributed by atoms with Gasteiger partial charge in [-0.15, -0.1) is 0 Å². The normalized spacial score (nSPS) is 11.8. The molecule has 0 amide bonds. The van der Waals surface area contributed by atoms with Crippen molar-refractivity contribution in [3.63, 3.8) is 0 Å². The molecule has 18 heavy (non-hydrogen) atoms. The SMILES string of the molecule is Cc1ccc(-n2ncc(S(N)(=O)=O)c2C)cc1Cl. The number of primary sulfonamides is 1. The van der Waals surface area contributed by atoms with Crippen molar-refractivity contribution in [1.29, 1.82) is 0 Å². The fourth-order valence-corrected chi connectivity index (χ4v) is 2.51. The Morgan fingerprint density at radius 1 is 1.33 bits per heavy atom. The highest BCUT2D eigenvalue weighted by Crippen LogP contribution is 2.22. The van der Waals surface area contributed by atoms with E-state index < -0.39 is 10.0 Å². The predicted octanol–water partition coefficient (Wildman–Crippen LogP) is 1.79. The van der Waals surface area contributed by atoms with Gasteiger partial charge < -0.3 is 0 Å². The van der Waals surface area contributed by atoms with Gasteiger partial charge in [-0.25, -0.2) is 18.2 Å². The second kappa shape index (κ2) is 4.38. The molecule has 0 saturated carbocycles. The van der Waals surface area contributed by atoms with Crippen molar-refractivity contribution in [3.05, 3.63) is 40.7 Å². The van der Waals surface area contributed by atoms with Crippen LogP contribution in [0.4, 0.5) is 0 Å². The summed E-state index contributed by atoms with van der Waals surface area (Å²) in [6, 6.07) is 5.38. The smallest absolute Gasteiger partial charge is 0.237 e. The Kier molecular flexibility index (Phi) is 3.18. The Balaban J connectivity index is 2.59. The molecule has 1 heterocycles. The lowest BCUT2D eigenvalue weighted by atomic mass is 10.2. The molecule has 0 aliphatic heterocycles. The van der Waals surface area contributed by atoms with Crippen LogP contribution >= 0.6 is 11.6 Å². The van der Waals surface area contributed by atoms with Gasteiger partial charge in [0, 0.05) is 5.02 Å². The lowest BCUT2D eigenvalue weighted by Gasteiger charge is -2.06. The molecule has 1 aromatic heterocycles. The first-order valence-corrected chi connectivity index (χ1v) is 7.07. The van der Waals surface area contributed by atoms with Crippen molar-refractivity contribution in [2.24, 2.45) is 5.14 Å². The Hall–Kier alpha value is -1.37. The van der Waals surface area contributed by atoms with Crippen LogP contribution in [-0.2, 0) is 10.0 Å². The van der Waals surface area contributed by atoms with Crippen LogP contribution in [0.25, 0.3) is 5.69 Å². The monoisotopic (exact) mass is 285 g/mol. The minimum atomic E-state index is -3.76. The van der Waals surface area contributed by atoms with Gasteiger partial charge in [-0.05, 0) is 31.5 Å². The van der Waals surface area contributed by atoms with Crippen molar-refractivity contribution in [3.8, 4) is 5.69 Å². The molecule has 0 fully saturated rings. The van der Waals surface area contributed by atoms with Crippen LogP contribution in [0.3, 0.4) is 0 Å². The molecule has 7 heteroatoms. The maximum Gasteiger partial charge on any atom is 0.241 e. The molecule has 0 radical (unpaired) electrons. The summed E-state index contributed by atoms with van der Waals surface area (Å²) < 4.78 is 24.1. The summed E-state index contributed by atoms with van der Waals surface area (Å²) in [6.07, 6.45) is 1.23. The molecule has 2 N–H and O–H groups in total. The van der Waals surface area contributed by atoms with E-state index in [1.165, 1.54) is 10.9 Å². The standard InChI is InChI=1S/C11H12ClN3O2S/c1-7-3-4-9(5-10(7)12)15-8(2)11(6-14-15)18(13,16)17/h3-6H,1-2H3,(H2,13,16,17). The van der Waals surface area contributed by atoms with E-state index in [1.54, 1.807) is 13.0 Å². The molecule has 0 saturated heterocycles. The lowest BCUT2D eigenvalue weighted by molar-refractivity contribution is 0.597. The number of hydrogen-bond donors (Lipinski definition) is 1. The van der Waals surface area contributed by atoms with E-state index in [1.807, 2.05) is 19.1 Å². The van der Waals surface area contributed by atoms with E-state index in [2.05, 4.69) is 5.10 Å². The summed E-state index contributed by atoms with van der Waals surface area (Å²) in [4.78, 5) is 0.0131. The minimum absolute atomic E-state index is 0.0131. The van der Waals surface area contributed by atoms with Gasteiger partial charge in [-0.3, -0.25) is 0 Å². The first-order chi connectivity index (χ1) is 8.30. The molecular weight excluding hydrogens is 274 g/mol. The third kappa shape index (κ3) is 2.27. The fraction of sp³-hybridized carbons (Fsp3) is 0.182. The average molecular weight is 286 g/mol. The Morgan fingerprint density at radius 3 is 2.50 bits per heavy atom. The summed E-state index contributed by atoms with van der Waals surface area (Å²) in [5, 5.41) is 9.71. The van der Waals surface area contributed by atoms with Gasteiger partial charge in [0.25, 0.3) is 0 Å². The molecule has 0 bridgehead atoms. The van der Waals surface area contributed by atoms with Crippen molar-refractivity contribution in [1.82, 2.24) is 9.78 Å². The second-order valence-electron chi connectivity index (χ2n) is 3.98. The number of benzene rings is 1. The molecule has 0 unspecified atom stereocenters. The number of halogens is 1. The van der Waals surface area contributed by atoms with Crippen LogP contribution in [-0.4, -0.2) is 18.2 Å². The summed E-state index contributed by atoms with van der Waals surface area (Å²) in [5.74, 6) is 0. The number of nitrogens with zero attached hydrogens (tertiary/aromatic N) is 2. The van der Waals surface area contributed by atoms with Crippen LogP contribution in [0.1, 0.15) is 11.3 Å². The summed E-state index contributed by atoms with van der Waals surface area (Å²) in [7, 11) is -3.76.